The molecule has 3 aromatic rings. The summed E-state index contributed by atoms with van der Waals surface area (Å²) in [5.74, 6) is 0. The fourth-order valence-corrected chi connectivity index (χ4v) is 5.69. The summed E-state index contributed by atoms with van der Waals surface area (Å²) in [4.78, 5) is 29.9. The summed E-state index contributed by atoms with van der Waals surface area (Å²) in [6, 6.07) is 13.2. The van der Waals surface area contributed by atoms with Crippen LogP contribution in [0.1, 0.15) is 17.5 Å². The minimum atomic E-state index is -3.94. The third kappa shape index (κ3) is 6.37. The molecule has 2 amide bonds. The number of pyridine rings is 1. The summed E-state index contributed by atoms with van der Waals surface area (Å²) < 4.78 is 38.9. The Morgan fingerprint density at radius 1 is 1.16 bits per heavy atom. The van der Waals surface area contributed by atoms with Crippen molar-refractivity contribution in [2.24, 2.45) is 0 Å². The van der Waals surface area contributed by atoms with E-state index in [1.165, 1.54) is 16.4 Å². The zero-order valence-electron chi connectivity index (χ0n) is 21.0. The molecule has 37 heavy (non-hydrogen) atoms. The number of hydrogen-bond acceptors (Lipinski definition) is 6. The van der Waals surface area contributed by atoms with Crippen molar-refractivity contribution in [1.82, 2.24) is 14.2 Å². The number of ether oxygens (including phenoxy) is 2. The Hall–Kier alpha value is -3.25. The van der Waals surface area contributed by atoms with Crippen molar-refractivity contribution in [3.8, 4) is 0 Å². The van der Waals surface area contributed by atoms with Crippen LogP contribution in [0, 0.1) is 6.92 Å². The number of aromatic amines is 1. The number of methoxy groups -OCH3 is 1. The van der Waals surface area contributed by atoms with Crippen LogP contribution in [0.15, 0.2) is 58.2 Å². The number of carbonyl (C=O) groups is 1. The van der Waals surface area contributed by atoms with Gasteiger partial charge in [-0.05, 0) is 54.6 Å². The molecule has 10 nitrogen and oxygen atoms in total. The third-order valence-corrected chi connectivity index (χ3v) is 8.17. The summed E-state index contributed by atoms with van der Waals surface area (Å²) in [5, 5.41) is 3.63. The van der Waals surface area contributed by atoms with Crippen molar-refractivity contribution in [1.29, 1.82) is 0 Å². The molecule has 0 spiro atoms. The lowest BCUT2D eigenvalue weighted by atomic mass is 10.1. The maximum absolute atomic E-state index is 13.6. The molecular formula is C26H32N4O6S. The van der Waals surface area contributed by atoms with E-state index in [4.69, 9.17) is 9.47 Å². The van der Waals surface area contributed by atoms with Crippen LogP contribution in [0.4, 0.5) is 10.5 Å². The first kappa shape index (κ1) is 26.8. The maximum atomic E-state index is 13.6. The fourth-order valence-electron chi connectivity index (χ4n) is 4.23. The Labute approximate surface area is 216 Å². The van der Waals surface area contributed by atoms with Crippen molar-refractivity contribution in [3.05, 3.63) is 70.0 Å². The van der Waals surface area contributed by atoms with Crippen molar-refractivity contribution in [2.75, 3.05) is 51.9 Å². The molecule has 2 N–H and O–H groups in total. The predicted octanol–water partition coefficient (Wildman–Crippen LogP) is 2.93. The summed E-state index contributed by atoms with van der Waals surface area (Å²) in [7, 11) is -2.38. The third-order valence-electron chi connectivity index (χ3n) is 6.31. The van der Waals surface area contributed by atoms with Gasteiger partial charge in [-0.1, -0.05) is 18.2 Å². The Bertz CT molecular complexity index is 1400. The van der Waals surface area contributed by atoms with Gasteiger partial charge in [0.25, 0.3) is 5.56 Å². The zero-order valence-corrected chi connectivity index (χ0v) is 21.8. The van der Waals surface area contributed by atoms with E-state index < -0.39 is 10.0 Å². The smallest absolute Gasteiger partial charge is 0.321 e. The summed E-state index contributed by atoms with van der Waals surface area (Å²) in [6.45, 7) is 4.37. The van der Waals surface area contributed by atoms with E-state index in [-0.39, 0.29) is 29.6 Å². The van der Waals surface area contributed by atoms with Gasteiger partial charge in [0, 0.05) is 51.1 Å². The Kier molecular flexibility index (Phi) is 8.59. The number of carbonyl (C=O) groups excluding carboxylic acids is 1. The van der Waals surface area contributed by atoms with E-state index in [0.29, 0.717) is 50.6 Å². The molecule has 11 heteroatoms. The Balaban J connectivity index is 1.56. The highest BCUT2D eigenvalue weighted by Gasteiger charge is 2.26. The first-order valence-corrected chi connectivity index (χ1v) is 13.6. The number of aromatic nitrogens is 1. The maximum Gasteiger partial charge on any atom is 0.321 e. The van der Waals surface area contributed by atoms with Crippen LogP contribution in [-0.2, 0) is 26.0 Å². The largest absolute Gasteiger partial charge is 0.385 e. The van der Waals surface area contributed by atoms with Gasteiger partial charge in [-0.25, -0.2) is 13.2 Å². The molecule has 4 rings (SSSR count). The summed E-state index contributed by atoms with van der Waals surface area (Å²) in [6.07, 6.45) is 0.466. The molecule has 0 atom stereocenters. The van der Waals surface area contributed by atoms with Crippen molar-refractivity contribution >= 4 is 32.6 Å². The standard InChI is InChI=1S/C26H32N4O6S/c1-19-5-3-6-20-17-21(25(31)28-24(19)20)18-30(11-4-14-35-2)37(33,34)23-9-7-22(8-10-23)27-26(32)29-12-15-36-16-13-29/h3,5-10,17H,4,11-16,18H2,1-2H3,(H,27,32)(H,28,31). The first-order valence-electron chi connectivity index (χ1n) is 12.1. The van der Waals surface area contributed by atoms with Crippen LogP contribution < -0.4 is 10.9 Å². The molecule has 0 saturated carbocycles. The lowest BCUT2D eigenvalue weighted by molar-refractivity contribution is 0.0564. The van der Waals surface area contributed by atoms with E-state index in [1.807, 2.05) is 25.1 Å². The van der Waals surface area contributed by atoms with Gasteiger partial charge in [0.15, 0.2) is 0 Å². The first-order chi connectivity index (χ1) is 17.8. The van der Waals surface area contributed by atoms with E-state index >= 15 is 0 Å². The molecule has 1 fully saturated rings. The number of aryl methyl sites for hydroxylation is 1. The second-order valence-corrected chi connectivity index (χ2v) is 10.8. The minimum absolute atomic E-state index is 0.0716. The highest BCUT2D eigenvalue weighted by molar-refractivity contribution is 7.89. The number of nitrogens with one attached hydrogen (secondary N) is 2. The molecule has 1 aliphatic heterocycles. The van der Waals surface area contributed by atoms with Gasteiger partial charge in [-0.3, -0.25) is 4.79 Å². The van der Waals surface area contributed by atoms with Crippen LogP contribution in [0.2, 0.25) is 0 Å². The van der Waals surface area contributed by atoms with Crippen LogP contribution in [-0.4, -0.2) is 75.2 Å². The summed E-state index contributed by atoms with van der Waals surface area (Å²) in [5.41, 5.74) is 2.19. The number of para-hydroxylation sites is 1. The normalized spacial score (nSPS) is 14.3. The van der Waals surface area contributed by atoms with Gasteiger partial charge in [0.2, 0.25) is 10.0 Å². The number of urea groups is 1. The monoisotopic (exact) mass is 528 g/mol. The highest BCUT2D eigenvalue weighted by Crippen LogP contribution is 2.22. The number of H-pyrrole nitrogens is 1. The molecule has 0 bridgehead atoms. The van der Waals surface area contributed by atoms with Crippen LogP contribution in [0.25, 0.3) is 10.9 Å². The van der Waals surface area contributed by atoms with E-state index in [0.717, 1.165) is 16.5 Å². The lowest BCUT2D eigenvalue weighted by Gasteiger charge is -2.27. The molecule has 198 valence electrons. The van der Waals surface area contributed by atoms with Crippen molar-refractivity contribution in [3.63, 3.8) is 0 Å². The van der Waals surface area contributed by atoms with E-state index in [9.17, 15) is 18.0 Å². The number of morpholine rings is 1. The van der Waals surface area contributed by atoms with E-state index in [2.05, 4.69) is 10.3 Å². The van der Waals surface area contributed by atoms with Gasteiger partial charge in [0.05, 0.1) is 23.6 Å². The topological polar surface area (TPSA) is 121 Å². The number of nitrogens with zero attached hydrogens (tertiary/aromatic N) is 2. The molecule has 0 radical (unpaired) electrons. The van der Waals surface area contributed by atoms with E-state index in [1.54, 1.807) is 30.2 Å². The number of sulfonamides is 1. The predicted molar refractivity (Wildman–Crippen MR) is 141 cm³/mol. The molecule has 0 unspecified atom stereocenters. The van der Waals surface area contributed by atoms with Crippen LogP contribution in [0.3, 0.4) is 0 Å². The number of benzene rings is 2. The van der Waals surface area contributed by atoms with Gasteiger partial charge in [-0.15, -0.1) is 0 Å². The van der Waals surface area contributed by atoms with Crippen molar-refractivity contribution in [2.45, 2.75) is 24.8 Å². The molecule has 1 aliphatic rings. The van der Waals surface area contributed by atoms with Crippen LogP contribution in [0.5, 0.6) is 0 Å². The number of anilines is 1. The quantitative estimate of drug-likeness (QED) is 0.412. The van der Waals surface area contributed by atoms with Crippen molar-refractivity contribution < 1.29 is 22.7 Å². The molecule has 2 heterocycles. The molecule has 1 aromatic heterocycles. The average Bonchev–Trinajstić information content (AvgIpc) is 2.90. The SMILES string of the molecule is COCCCN(Cc1cc2cccc(C)c2[nH]c1=O)S(=O)(=O)c1ccc(NC(=O)N2CCOCC2)cc1. The molecule has 2 aromatic carbocycles. The number of hydrogen-bond donors (Lipinski definition) is 2. The Morgan fingerprint density at radius 2 is 1.89 bits per heavy atom. The number of rotatable bonds is 9. The lowest BCUT2D eigenvalue weighted by Crippen LogP contribution is -2.43. The van der Waals surface area contributed by atoms with Gasteiger partial charge in [-0.2, -0.15) is 4.31 Å². The molecule has 0 aliphatic carbocycles. The summed E-state index contributed by atoms with van der Waals surface area (Å²) >= 11 is 0. The van der Waals surface area contributed by atoms with Gasteiger partial charge >= 0.3 is 6.03 Å². The Morgan fingerprint density at radius 3 is 2.59 bits per heavy atom. The molecular weight excluding hydrogens is 496 g/mol. The van der Waals surface area contributed by atoms with Gasteiger partial charge < -0.3 is 24.7 Å². The average molecular weight is 529 g/mol. The number of fused-ring (bicyclic) bond motifs is 1. The second-order valence-electron chi connectivity index (χ2n) is 8.90. The second kappa shape index (κ2) is 11.9. The fraction of sp³-hybridized carbons (Fsp3) is 0.385. The molecule has 1 saturated heterocycles. The minimum Gasteiger partial charge on any atom is -0.385 e. The van der Waals surface area contributed by atoms with Gasteiger partial charge in [0.1, 0.15) is 0 Å². The van der Waals surface area contributed by atoms with Crippen LogP contribution >= 0.6 is 0 Å². The highest BCUT2D eigenvalue weighted by atomic mass is 32.2. The zero-order chi connectivity index (χ0) is 26.4. The number of amides is 2.